The van der Waals surface area contributed by atoms with Crippen LogP contribution in [0.3, 0.4) is 0 Å². The number of nitrogen functional groups attached to an aromatic ring is 1. The molecule has 112 valence electrons. The van der Waals surface area contributed by atoms with E-state index in [4.69, 9.17) is 5.73 Å². The van der Waals surface area contributed by atoms with E-state index in [0.717, 1.165) is 25.0 Å². The van der Waals surface area contributed by atoms with E-state index in [1.165, 1.54) is 4.88 Å². The van der Waals surface area contributed by atoms with Crippen LogP contribution in [0.5, 0.6) is 0 Å². The lowest BCUT2D eigenvalue weighted by atomic mass is 10.1. The van der Waals surface area contributed by atoms with Crippen molar-refractivity contribution in [2.24, 2.45) is 0 Å². The molecule has 2 rings (SSSR count). The van der Waals surface area contributed by atoms with E-state index < -0.39 is 0 Å². The van der Waals surface area contributed by atoms with E-state index in [-0.39, 0.29) is 11.9 Å². The Morgan fingerprint density at radius 1 is 1.48 bits per heavy atom. The van der Waals surface area contributed by atoms with Crippen LogP contribution in [-0.4, -0.2) is 16.9 Å². The van der Waals surface area contributed by atoms with Gasteiger partial charge in [-0.25, -0.2) is 4.98 Å². The lowest BCUT2D eigenvalue weighted by Gasteiger charge is -2.13. The summed E-state index contributed by atoms with van der Waals surface area (Å²) in [5.74, 6) is 0.308. The zero-order valence-electron chi connectivity index (χ0n) is 12.4. The Balaban J connectivity index is 2.02. The van der Waals surface area contributed by atoms with Gasteiger partial charge >= 0.3 is 0 Å². The Bertz CT molecular complexity index is 596. The molecule has 0 aromatic carbocycles. The minimum Gasteiger partial charge on any atom is -0.384 e. The van der Waals surface area contributed by atoms with Crippen LogP contribution in [0.1, 0.15) is 41.2 Å². The lowest BCUT2D eigenvalue weighted by molar-refractivity contribution is 0.0940. The van der Waals surface area contributed by atoms with E-state index in [1.807, 2.05) is 24.4 Å². The van der Waals surface area contributed by atoms with E-state index in [0.29, 0.717) is 11.4 Å². The van der Waals surface area contributed by atoms with Gasteiger partial charge in [-0.2, -0.15) is 0 Å². The largest absolute Gasteiger partial charge is 0.384 e. The SMILES string of the molecule is CCCc1cc(C(=O)NC(C)Cc2cccs2)cc(N)n1. The van der Waals surface area contributed by atoms with Crippen molar-refractivity contribution in [2.45, 2.75) is 39.2 Å². The Morgan fingerprint density at radius 3 is 2.95 bits per heavy atom. The molecule has 1 atom stereocenters. The molecule has 5 heteroatoms. The molecule has 1 amide bonds. The first-order chi connectivity index (χ1) is 10.1. The van der Waals surface area contributed by atoms with Crippen molar-refractivity contribution in [1.82, 2.24) is 10.3 Å². The number of anilines is 1. The van der Waals surface area contributed by atoms with E-state index in [9.17, 15) is 4.79 Å². The average molecular weight is 303 g/mol. The van der Waals surface area contributed by atoms with Gasteiger partial charge in [0.25, 0.3) is 5.91 Å². The highest BCUT2D eigenvalue weighted by atomic mass is 32.1. The van der Waals surface area contributed by atoms with Gasteiger partial charge in [-0.05, 0) is 36.9 Å². The molecule has 0 spiro atoms. The summed E-state index contributed by atoms with van der Waals surface area (Å²) in [4.78, 5) is 17.8. The summed E-state index contributed by atoms with van der Waals surface area (Å²) in [6, 6.07) is 7.64. The van der Waals surface area contributed by atoms with Crippen LogP contribution in [0.25, 0.3) is 0 Å². The number of rotatable bonds is 6. The van der Waals surface area contributed by atoms with Gasteiger partial charge in [0.05, 0.1) is 0 Å². The van der Waals surface area contributed by atoms with Crippen molar-refractivity contribution in [1.29, 1.82) is 0 Å². The number of hydrogen-bond donors (Lipinski definition) is 2. The molecule has 0 radical (unpaired) electrons. The zero-order valence-corrected chi connectivity index (χ0v) is 13.2. The lowest BCUT2D eigenvalue weighted by Crippen LogP contribution is -2.34. The van der Waals surface area contributed by atoms with Gasteiger partial charge in [0.15, 0.2) is 0 Å². The summed E-state index contributed by atoms with van der Waals surface area (Å²) in [5.41, 5.74) is 7.23. The Morgan fingerprint density at radius 2 is 2.29 bits per heavy atom. The number of nitrogens with one attached hydrogen (secondary N) is 1. The fourth-order valence-corrected chi connectivity index (χ4v) is 3.05. The highest BCUT2D eigenvalue weighted by molar-refractivity contribution is 7.09. The molecular formula is C16H21N3OS. The highest BCUT2D eigenvalue weighted by Gasteiger charge is 2.12. The number of pyridine rings is 1. The third-order valence-corrected chi connectivity index (χ3v) is 4.03. The molecule has 0 fully saturated rings. The number of aryl methyl sites for hydroxylation is 1. The van der Waals surface area contributed by atoms with E-state index in [2.05, 4.69) is 23.3 Å². The van der Waals surface area contributed by atoms with Gasteiger partial charge in [0, 0.05) is 28.6 Å². The molecule has 0 bridgehead atoms. The van der Waals surface area contributed by atoms with Gasteiger partial charge in [0.1, 0.15) is 5.82 Å². The maximum absolute atomic E-state index is 12.3. The molecule has 3 N–H and O–H groups in total. The maximum Gasteiger partial charge on any atom is 0.251 e. The van der Waals surface area contributed by atoms with Crippen LogP contribution in [0.15, 0.2) is 29.6 Å². The first-order valence-electron chi connectivity index (χ1n) is 7.18. The molecule has 0 saturated carbocycles. The molecule has 1 unspecified atom stereocenters. The Labute approximate surface area is 129 Å². The molecule has 2 heterocycles. The quantitative estimate of drug-likeness (QED) is 0.862. The molecule has 0 aliphatic rings. The Hall–Kier alpha value is -1.88. The van der Waals surface area contributed by atoms with Crippen LogP contribution >= 0.6 is 11.3 Å². The summed E-state index contributed by atoms with van der Waals surface area (Å²) < 4.78 is 0. The molecule has 0 aliphatic carbocycles. The smallest absolute Gasteiger partial charge is 0.251 e. The number of nitrogens with zero attached hydrogens (tertiary/aromatic N) is 1. The van der Waals surface area contributed by atoms with E-state index in [1.54, 1.807) is 17.4 Å². The molecule has 0 aliphatic heterocycles. The number of hydrogen-bond acceptors (Lipinski definition) is 4. The van der Waals surface area contributed by atoms with Crippen molar-refractivity contribution in [3.05, 3.63) is 45.8 Å². The normalized spacial score (nSPS) is 12.1. The summed E-state index contributed by atoms with van der Waals surface area (Å²) in [5, 5.41) is 5.06. The number of amides is 1. The minimum atomic E-state index is -0.0921. The number of carbonyl (C=O) groups excluding carboxylic acids is 1. The number of nitrogens with two attached hydrogens (primary N) is 1. The fraction of sp³-hybridized carbons (Fsp3) is 0.375. The number of carbonyl (C=O) groups is 1. The first-order valence-corrected chi connectivity index (χ1v) is 8.06. The molecule has 0 saturated heterocycles. The zero-order chi connectivity index (χ0) is 15.2. The maximum atomic E-state index is 12.3. The van der Waals surface area contributed by atoms with E-state index >= 15 is 0 Å². The van der Waals surface area contributed by atoms with Crippen LogP contribution < -0.4 is 11.1 Å². The van der Waals surface area contributed by atoms with Crippen molar-refractivity contribution in [2.75, 3.05) is 5.73 Å². The molecule has 21 heavy (non-hydrogen) atoms. The van der Waals surface area contributed by atoms with Crippen LogP contribution in [-0.2, 0) is 12.8 Å². The van der Waals surface area contributed by atoms with Gasteiger partial charge in [-0.1, -0.05) is 19.4 Å². The summed E-state index contributed by atoms with van der Waals surface area (Å²) in [6.07, 6.45) is 2.65. The third-order valence-electron chi connectivity index (χ3n) is 3.13. The minimum absolute atomic E-state index is 0.0835. The summed E-state index contributed by atoms with van der Waals surface area (Å²) in [6.45, 7) is 4.09. The molecule has 2 aromatic rings. The van der Waals surface area contributed by atoms with Crippen LogP contribution in [0, 0.1) is 0 Å². The summed E-state index contributed by atoms with van der Waals surface area (Å²) >= 11 is 1.70. The number of thiophene rings is 1. The second-order valence-corrected chi connectivity index (χ2v) is 6.21. The van der Waals surface area contributed by atoms with Crippen molar-refractivity contribution < 1.29 is 4.79 Å². The van der Waals surface area contributed by atoms with Gasteiger partial charge in [-0.15, -0.1) is 11.3 Å². The van der Waals surface area contributed by atoms with Crippen molar-refractivity contribution >= 4 is 23.1 Å². The topological polar surface area (TPSA) is 68.0 Å². The second-order valence-electron chi connectivity index (χ2n) is 5.18. The predicted molar refractivity (Wildman–Crippen MR) is 87.6 cm³/mol. The summed E-state index contributed by atoms with van der Waals surface area (Å²) in [7, 11) is 0. The van der Waals surface area contributed by atoms with Gasteiger partial charge in [0.2, 0.25) is 0 Å². The number of aromatic nitrogens is 1. The van der Waals surface area contributed by atoms with Gasteiger partial charge in [-0.3, -0.25) is 4.79 Å². The first kappa shape index (κ1) is 15.5. The van der Waals surface area contributed by atoms with Crippen molar-refractivity contribution in [3.63, 3.8) is 0 Å². The third kappa shape index (κ3) is 4.56. The average Bonchev–Trinajstić information content (AvgIpc) is 2.91. The predicted octanol–water partition coefficient (Wildman–Crippen LogP) is 3.04. The molecular weight excluding hydrogens is 282 g/mol. The van der Waals surface area contributed by atoms with Crippen LogP contribution in [0.4, 0.5) is 5.82 Å². The van der Waals surface area contributed by atoms with Gasteiger partial charge < -0.3 is 11.1 Å². The Kier molecular flexibility index (Phi) is 5.33. The monoisotopic (exact) mass is 303 g/mol. The second kappa shape index (κ2) is 7.22. The highest BCUT2D eigenvalue weighted by Crippen LogP contribution is 2.13. The molecule has 2 aromatic heterocycles. The van der Waals surface area contributed by atoms with Crippen molar-refractivity contribution in [3.8, 4) is 0 Å². The fourth-order valence-electron chi connectivity index (χ4n) is 2.21. The standard InChI is InChI=1S/C16H21N3OS/c1-3-5-13-9-12(10-15(17)19-13)16(20)18-11(2)8-14-6-4-7-21-14/h4,6-7,9-11H,3,5,8H2,1-2H3,(H2,17,19)(H,18,20). The molecule has 4 nitrogen and oxygen atoms in total. The van der Waals surface area contributed by atoms with Crippen LogP contribution in [0.2, 0.25) is 0 Å².